The van der Waals surface area contributed by atoms with Gasteiger partial charge in [-0.2, -0.15) is 0 Å². The summed E-state index contributed by atoms with van der Waals surface area (Å²) in [5, 5.41) is 17.9. The zero-order valence-corrected chi connectivity index (χ0v) is 21.6. The van der Waals surface area contributed by atoms with Gasteiger partial charge in [-0.05, 0) is 49.2 Å². The Balaban J connectivity index is 0.000000599. The number of amides is 1. The molecule has 2 aromatic carbocycles. The lowest BCUT2D eigenvalue weighted by Gasteiger charge is -2.31. The number of carbonyl (C=O) groups excluding carboxylic acids is 1. The summed E-state index contributed by atoms with van der Waals surface area (Å²) in [5.41, 5.74) is 2.45. The van der Waals surface area contributed by atoms with Crippen molar-refractivity contribution < 1.29 is 34.1 Å². The Hall–Kier alpha value is -3.47. The number of nitrogens with one attached hydrogen (secondary N) is 1. The summed E-state index contributed by atoms with van der Waals surface area (Å²) in [4.78, 5) is 35.5. The molecule has 0 aliphatic carbocycles. The van der Waals surface area contributed by atoms with Crippen molar-refractivity contribution in [3.05, 3.63) is 65.7 Å². The summed E-state index contributed by atoms with van der Waals surface area (Å²) in [6, 6.07) is 18.6. The number of nitrogens with zero attached hydrogens (tertiary/aromatic N) is 2. The highest BCUT2D eigenvalue weighted by molar-refractivity contribution is 6.27. The summed E-state index contributed by atoms with van der Waals surface area (Å²) < 4.78 is 11.2. The fourth-order valence-corrected chi connectivity index (χ4v) is 4.35. The smallest absolute Gasteiger partial charge is 0.414 e. The molecule has 2 heterocycles. The number of ether oxygens (including phenoxy) is 2. The van der Waals surface area contributed by atoms with Crippen molar-refractivity contribution in [2.75, 3.05) is 52.5 Å². The number of likely N-dealkylation sites (tertiary alicyclic amines) is 1. The summed E-state index contributed by atoms with van der Waals surface area (Å²) in [7, 11) is 0. The molecule has 2 saturated heterocycles. The Morgan fingerprint density at radius 3 is 2.08 bits per heavy atom. The van der Waals surface area contributed by atoms with Gasteiger partial charge < -0.3 is 25.0 Å². The highest BCUT2D eigenvalue weighted by Crippen LogP contribution is 2.21. The van der Waals surface area contributed by atoms with Gasteiger partial charge in [-0.25, -0.2) is 9.59 Å². The highest BCUT2D eigenvalue weighted by atomic mass is 16.5. The van der Waals surface area contributed by atoms with E-state index >= 15 is 0 Å². The molecule has 10 heteroatoms. The molecular weight excluding hydrogens is 490 g/mol. The number of piperidine rings is 1. The summed E-state index contributed by atoms with van der Waals surface area (Å²) in [5.74, 6) is -2.39. The van der Waals surface area contributed by atoms with Crippen LogP contribution >= 0.6 is 0 Å². The third kappa shape index (κ3) is 10.5. The maximum absolute atomic E-state index is 12.5. The fourth-order valence-electron chi connectivity index (χ4n) is 4.35. The van der Waals surface area contributed by atoms with Gasteiger partial charge in [0.1, 0.15) is 12.4 Å². The van der Waals surface area contributed by atoms with Crippen molar-refractivity contribution in [2.45, 2.75) is 26.0 Å². The molecule has 0 unspecified atom stereocenters. The van der Waals surface area contributed by atoms with E-state index in [1.54, 1.807) is 0 Å². The summed E-state index contributed by atoms with van der Waals surface area (Å²) >= 11 is 0. The van der Waals surface area contributed by atoms with Gasteiger partial charge in [-0.3, -0.25) is 14.6 Å². The van der Waals surface area contributed by atoms with Crippen LogP contribution in [0.5, 0.6) is 5.75 Å². The Labute approximate surface area is 223 Å². The van der Waals surface area contributed by atoms with Crippen molar-refractivity contribution in [1.82, 2.24) is 15.1 Å². The molecule has 38 heavy (non-hydrogen) atoms. The van der Waals surface area contributed by atoms with Gasteiger partial charge in [0.25, 0.3) is 0 Å². The average molecular weight is 528 g/mol. The van der Waals surface area contributed by atoms with Gasteiger partial charge in [0.2, 0.25) is 5.91 Å². The molecule has 0 spiro atoms. The normalized spacial score (nSPS) is 16.6. The first kappa shape index (κ1) is 29.1. The fraction of sp³-hybridized carbons (Fsp3) is 0.464. The van der Waals surface area contributed by atoms with Gasteiger partial charge in [0, 0.05) is 38.6 Å². The van der Waals surface area contributed by atoms with Crippen LogP contribution in [0.15, 0.2) is 54.6 Å². The second-order valence-corrected chi connectivity index (χ2v) is 9.32. The number of carboxylic acids is 2. The van der Waals surface area contributed by atoms with E-state index in [0.29, 0.717) is 6.61 Å². The quantitative estimate of drug-likeness (QED) is 0.420. The van der Waals surface area contributed by atoms with Crippen LogP contribution in [0, 0.1) is 5.92 Å². The predicted octanol–water partition coefficient (Wildman–Crippen LogP) is 2.08. The van der Waals surface area contributed by atoms with Crippen molar-refractivity contribution in [2.24, 2.45) is 5.92 Å². The van der Waals surface area contributed by atoms with Crippen LogP contribution in [0.2, 0.25) is 0 Å². The third-order valence-corrected chi connectivity index (χ3v) is 6.55. The molecule has 2 aliphatic rings. The minimum absolute atomic E-state index is 0.143. The Bertz CT molecular complexity index is 991. The highest BCUT2D eigenvalue weighted by Gasteiger charge is 2.25. The Kier molecular flexibility index (Phi) is 12.0. The minimum Gasteiger partial charge on any atom is -0.489 e. The van der Waals surface area contributed by atoms with E-state index in [4.69, 9.17) is 29.3 Å². The van der Waals surface area contributed by atoms with Gasteiger partial charge in [-0.15, -0.1) is 0 Å². The SMILES string of the molecule is O=C(NCCN1CCOCC1)C1CCN(Cc2ccc(OCc3ccccc3)cc2)CC1.O=C(O)C(=O)O. The molecule has 10 nitrogen and oxygen atoms in total. The number of hydrogen-bond acceptors (Lipinski definition) is 7. The number of rotatable bonds is 9. The maximum Gasteiger partial charge on any atom is 0.414 e. The summed E-state index contributed by atoms with van der Waals surface area (Å²) in [6.07, 6.45) is 1.86. The first-order chi connectivity index (χ1) is 18.4. The molecule has 2 fully saturated rings. The first-order valence-electron chi connectivity index (χ1n) is 12.9. The molecule has 0 aromatic heterocycles. The minimum atomic E-state index is -1.82. The topological polar surface area (TPSA) is 129 Å². The zero-order valence-electron chi connectivity index (χ0n) is 21.6. The monoisotopic (exact) mass is 527 g/mol. The van der Waals surface area contributed by atoms with Crippen molar-refractivity contribution in [3.8, 4) is 5.75 Å². The number of carboxylic acid groups (broad SMARTS) is 2. The molecule has 2 aromatic rings. The lowest BCUT2D eigenvalue weighted by Crippen LogP contribution is -2.44. The predicted molar refractivity (Wildman–Crippen MR) is 141 cm³/mol. The van der Waals surface area contributed by atoms with Gasteiger partial charge in [-0.1, -0.05) is 42.5 Å². The van der Waals surface area contributed by atoms with E-state index in [0.717, 1.165) is 77.6 Å². The zero-order chi connectivity index (χ0) is 27.2. The Morgan fingerprint density at radius 1 is 0.842 bits per heavy atom. The van der Waals surface area contributed by atoms with Crippen LogP contribution in [0.4, 0.5) is 0 Å². The van der Waals surface area contributed by atoms with Crippen LogP contribution in [0.25, 0.3) is 0 Å². The molecule has 0 atom stereocenters. The second kappa shape index (κ2) is 15.7. The van der Waals surface area contributed by atoms with Crippen LogP contribution in [0.3, 0.4) is 0 Å². The molecule has 3 N–H and O–H groups in total. The molecular formula is C28H37N3O7. The van der Waals surface area contributed by atoms with E-state index in [9.17, 15) is 4.79 Å². The van der Waals surface area contributed by atoms with Crippen molar-refractivity contribution in [3.63, 3.8) is 0 Å². The number of hydrogen-bond donors (Lipinski definition) is 3. The van der Waals surface area contributed by atoms with Gasteiger partial charge in [0.05, 0.1) is 13.2 Å². The molecule has 1 amide bonds. The van der Waals surface area contributed by atoms with E-state index in [1.165, 1.54) is 11.1 Å². The van der Waals surface area contributed by atoms with Gasteiger partial charge in [0.15, 0.2) is 0 Å². The maximum atomic E-state index is 12.5. The van der Waals surface area contributed by atoms with Crippen LogP contribution in [-0.4, -0.2) is 90.3 Å². The number of benzene rings is 2. The largest absolute Gasteiger partial charge is 0.489 e. The van der Waals surface area contributed by atoms with Crippen LogP contribution in [0.1, 0.15) is 24.0 Å². The molecule has 2 aliphatic heterocycles. The lowest BCUT2D eigenvalue weighted by molar-refractivity contribution is -0.159. The Morgan fingerprint density at radius 2 is 1.47 bits per heavy atom. The standard InChI is InChI=1S/C26H35N3O3.C2H2O4/c30-26(27-12-15-28-16-18-31-19-17-28)24-10-13-29(14-11-24)20-22-6-8-25(9-7-22)32-21-23-4-2-1-3-5-23;3-1(4)2(5)6/h1-9,24H,10-21H2,(H,27,30);(H,3,4)(H,5,6). The van der Waals surface area contributed by atoms with Crippen LogP contribution < -0.4 is 10.1 Å². The summed E-state index contributed by atoms with van der Waals surface area (Å²) in [6.45, 7) is 8.62. The van der Waals surface area contributed by atoms with Crippen LogP contribution in [-0.2, 0) is 32.3 Å². The third-order valence-electron chi connectivity index (χ3n) is 6.55. The first-order valence-corrected chi connectivity index (χ1v) is 12.9. The van der Waals surface area contributed by atoms with Gasteiger partial charge >= 0.3 is 11.9 Å². The lowest BCUT2D eigenvalue weighted by atomic mass is 9.95. The molecule has 206 valence electrons. The average Bonchev–Trinajstić information content (AvgIpc) is 2.94. The molecule has 0 saturated carbocycles. The van der Waals surface area contributed by atoms with E-state index in [2.05, 4.69) is 39.4 Å². The van der Waals surface area contributed by atoms with E-state index in [-0.39, 0.29) is 11.8 Å². The van der Waals surface area contributed by atoms with E-state index in [1.807, 2.05) is 30.3 Å². The molecule has 0 bridgehead atoms. The molecule has 0 radical (unpaired) electrons. The number of aliphatic carboxylic acids is 2. The molecule has 4 rings (SSSR count). The van der Waals surface area contributed by atoms with E-state index < -0.39 is 11.9 Å². The van der Waals surface area contributed by atoms with Crippen molar-refractivity contribution >= 4 is 17.8 Å². The number of carbonyl (C=O) groups is 3. The van der Waals surface area contributed by atoms with Crippen molar-refractivity contribution in [1.29, 1.82) is 0 Å². The number of morpholine rings is 1. The second-order valence-electron chi connectivity index (χ2n) is 9.32.